The summed E-state index contributed by atoms with van der Waals surface area (Å²) in [6.07, 6.45) is 0. The summed E-state index contributed by atoms with van der Waals surface area (Å²) in [6.45, 7) is 0.437. The van der Waals surface area contributed by atoms with E-state index < -0.39 is 0 Å². The molecule has 21 heavy (non-hydrogen) atoms. The Kier molecular flexibility index (Phi) is 5.56. The number of benzene rings is 2. The van der Waals surface area contributed by atoms with Crippen molar-refractivity contribution in [3.05, 3.63) is 52.0 Å². The molecule has 0 aliphatic rings. The molecule has 2 aromatic rings. The van der Waals surface area contributed by atoms with Gasteiger partial charge < -0.3 is 14.9 Å². The summed E-state index contributed by atoms with van der Waals surface area (Å²) in [4.78, 5) is 0. The molecule has 0 saturated heterocycles. The minimum absolute atomic E-state index is 0.434. The molecule has 0 heterocycles. The zero-order valence-corrected chi connectivity index (χ0v) is 13.3. The number of nitrogens with one attached hydrogen (secondary N) is 2. The Balaban J connectivity index is 2.13. The number of halogens is 2. The Bertz CT molecular complexity index is 606. The van der Waals surface area contributed by atoms with Crippen molar-refractivity contribution in [2.24, 2.45) is 0 Å². The van der Waals surface area contributed by atoms with Gasteiger partial charge in [-0.3, -0.25) is 0 Å². The van der Waals surface area contributed by atoms with Gasteiger partial charge in [-0.15, -0.1) is 0 Å². The van der Waals surface area contributed by atoms with Gasteiger partial charge in [0, 0.05) is 23.9 Å². The maximum Gasteiger partial charge on any atom is 0.179 e. The summed E-state index contributed by atoms with van der Waals surface area (Å²) in [6, 6.07) is 11.4. The largest absolute Gasteiger partial charge is 0.493 e. The van der Waals surface area contributed by atoms with E-state index in [9.17, 15) is 0 Å². The smallest absolute Gasteiger partial charge is 0.179 e. The number of para-hydroxylation sites is 1. The highest BCUT2D eigenvalue weighted by Gasteiger charge is 2.17. The average molecular weight is 327 g/mol. The molecule has 0 amide bonds. The molecule has 2 rings (SSSR count). The fourth-order valence-electron chi connectivity index (χ4n) is 1.88. The van der Waals surface area contributed by atoms with E-state index in [1.54, 1.807) is 13.2 Å². The second-order valence-corrected chi connectivity index (χ2v) is 5.02. The molecule has 0 radical (unpaired) electrons. The van der Waals surface area contributed by atoms with E-state index >= 15 is 0 Å². The second kappa shape index (κ2) is 7.41. The Morgan fingerprint density at radius 3 is 2.38 bits per heavy atom. The van der Waals surface area contributed by atoms with Crippen LogP contribution in [0.25, 0.3) is 0 Å². The molecule has 0 saturated carbocycles. The molecule has 2 aromatic carbocycles. The van der Waals surface area contributed by atoms with Crippen molar-refractivity contribution in [3.8, 4) is 11.5 Å². The first-order chi connectivity index (χ1) is 10.2. The van der Waals surface area contributed by atoms with Crippen LogP contribution in [0.4, 0.5) is 5.69 Å². The number of rotatable bonds is 6. The summed E-state index contributed by atoms with van der Waals surface area (Å²) in [5.41, 5.74) is 7.83. The predicted molar refractivity (Wildman–Crippen MR) is 86.5 cm³/mol. The monoisotopic (exact) mass is 326 g/mol. The molecule has 2 N–H and O–H groups in total. The third kappa shape index (κ3) is 3.73. The maximum atomic E-state index is 6.32. The second-order valence-electron chi connectivity index (χ2n) is 4.23. The van der Waals surface area contributed by atoms with E-state index in [0.717, 1.165) is 11.3 Å². The fraction of sp³-hybridized carbons (Fsp3) is 0.200. The molecule has 0 aliphatic carbocycles. The molecule has 0 unspecified atom stereocenters. The molecular formula is C15H16Cl2N2O2. The number of hydrogen-bond donors (Lipinski definition) is 2. The predicted octanol–water partition coefficient (Wildman–Crippen LogP) is 4.13. The molecule has 112 valence electrons. The molecule has 0 aliphatic heterocycles. The lowest BCUT2D eigenvalue weighted by Gasteiger charge is -2.15. The van der Waals surface area contributed by atoms with Gasteiger partial charge in [0.1, 0.15) is 0 Å². The average Bonchev–Trinajstić information content (AvgIpc) is 2.51. The van der Waals surface area contributed by atoms with Crippen molar-refractivity contribution in [1.29, 1.82) is 0 Å². The first kappa shape index (κ1) is 15.8. The molecule has 0 atom stereocenters. The topological polar surface area (TPSA) is 42.5 Å². The van der Waals surface area contributed by atoms with Crippen LogP contribution in [-0.4, -0.2) is 14.2 Å². The van der Waals surface area contributed by atoms with Gasteiger partial charge >= 0.3 is 0 Å². The van der Waals surface area contributed by atoms with E-state index in [1.165, 1.54) is 7.11 Å². The van der Waals surface area contributed by atoms with Crippen LogP contribution < -0.4 is 20.3 Å². The van der Waals surface area contributed by atoms with Crippen LogP contribution in [0.3, 0.4) is 0 Å². The number of anilines is 1. The highest BCUT2D eigenvalue weighted by molar-refractivity contribution is 6.37. The van der Waals surface area contributed by atoms with Gasteiger partial charge in [0.15, 0.2) is 11.5 Å². The fourth-order valence-corrected chi connectivity index (χ4v) is 2.53. The van der Waals surface area contributed by atoms with Gasteiger partial charge in [-0.05, 0) is 12.1 Å². The molecule has 0 aromatic heterocycles. The summed E-state index contributed by atoms with van der Waals surface area (Å²) < 4.78 is 10.5. The molecule has 0 spiro atoms. The Labute approximate surface area is 133 Å². The van der Waals surface area contributed by atoms with Gasteiger partial charge in [-0.2, -0.15) is 0 Å². The molecule has 6 heteroatoms. The lowest BCUT2D eigenvalue weighted by atomic mass is 10.2. The number of methoxy groups -OCH3 is 2. The highest BCUT2D eigenvalue weighted by Crippen LogP contribution is 2.41. The molecule has 0 fully saturated rings. The summed E-state index contributed by atoms with van der Waals surface area (Å²) in [7, 11) is 3.08. The minimum Gasteiger partial charge on any atom is -0.493 e. The van der Waals surface area contributed by atoms with E-state index in [-0.39, 0.29) is 0 Å². The van der Waals surface area contributed by atoms with Gasteiger partial charge in [0.25, 0.3) is 0 Å². The first-order valence-corrected chi connectivity index (χ1v) is 7.05. The van der Waals surface area contributed by atoms with Crippen molar-refractivity contribution in [2.45, 2.75) is 6.54 Å². The Morgan fingerprint density at radius 1 is 1.05 bits per heavy atom. The van der Waals surface area contributed by atoms with Crippen LogP contribution >= 0.6 is 23.2 Å². The standard InChI is InChI=1S/C15H16Cl2N2O2/c1-20-13-8-12(16)11(14(17)15(13)21-2)9-18-19-10-6-4-3-5-7-10/h3-8,18-19H,9H2,1-2H3. The normalized spacial score (nSPS) is 10.3. The van der Waals surface area contributed by atoms with Crippen LogP contribution in [-0.2, 0) is 6.54 Å². The summed E-state index contributed by atoms with van der Waals surface area (Å²) in [5.74, 6) is 0.979. The molecule has 4 nitrogen and oxygen atoms in total. The maximum absolute atomic E-state index is 6.32. The SMILES string of the molecule is COc1cc(Cl)c(CNNc2ccccc2)c(Cl)c1OC. The number of ether oxygens (including phenoxy) is 2. The van der Waals surface area contributed by atoms with Crippen molar-refractivity contribution in [2.75, 3.05) is 19.6 Å². The van der Waals surface area contributed by atoms with Crippen molar-refractivity contribution < 1.29 is 9.47 Å². The summed E-state index contributed by atoms with van der Waals surface area (Å²) in [5, 5.41) is 0.948. The third-order valence-corrected chi connectivity index (χ3v) is 3.67. The van der Waals surface area contributed by atoms with Crippen LogP contribution in [0.5, 0.6) is 11.5 Å². The van der Waals surface area contributed by atoms with E-state index in [1.807, 2.05) is 30.3 Å². The molecular weight excluding hydrogens is 311 g/mol. The Hall–Kier alpha value is -1.62. The van der Waals surface area contributed by atoms with E-state index in [4.69, 9.17) is 32.7 Å². The first-order valence-electron chi connectivity index (χ1n) is 6.30. The van der Waals surface area contributed by atoms with E-state index in [0.29, 0.717) is 28.1 Å². The van der Waals surface area contributed by atoms with Gasteiger partial charge in [-0.1, -0.05) is 41.4 Å². The third-order valence-electron chi connectivity index (χ3n) is 2.93. The quantitative estimate of drug-likeness (QED) is 0.783. The van der Waals surface area contributed by atoms with Gasteiger partial charge in [0.05, 0.1) is 24.3 Å². The highest BCUT2D eigenvalue weighted by atomic mass is 35.5. The van der Waals surface area contributed by atoms with Crippen LogP contribution in [0.15, 0.2) is 36.4 Å². The van der Waals surface area contributed by atoms with Crippen molar-refractivity contribution in [3.63, 3.8) is 0 Å². The van der Waals surface area contributed by atoms with Gasteiger partial charge in [0.2, 0.25) is 0 Å². The van der Waals surface area contributed by atoms with Crippen LogP contribution in [0.2, 0.25) is 10.0 Å². The number of hydrogen-bond acceptors (Lipinski definition) is 4. The minimum atomic E-state index is 0.434. The van der Waals surface area contributed by atoms with Crippen LogP contribution in [0.1, 0.15) is 5.56 Å². The number of hydrazine groups is 1. The zero-order valence-electron chi connectivity index (χ0n) is 11.7. The summed E-state index contributed by atoms with van der Waals surface area (Å²) >= 11 is 12.6. The van der Waals surface area contributed by atoms with Gasteiger partial charge in [-0.25, -0.2) is 5.43 Å². The van der Waals surface area contributed by atoms with Crippen molar-refractivity contribution in [1.82, 2.24) is 5.43 Å². The zero-order chi connectivity index (χ0) is 15.2. The van der Waals surface area contributed by atoms with E-state index in [2.05, 4.69) is 10.9 Å². The lowest BCUT2D eigenvalue weighted by molar-refractivity contribution is 0.354. The lowest BCUT2D eigenvalue weighted by Crippen LogP contribution is -2.21. The van der Waals surface area contributed by atoms with Crippen molar-refractivity contribution >= 4 is 28.9 Å². The Morgan fingerprint density at radius 2 is 1.76 bits per heavy atom. The molecule has 0 bridgehead atoms. The van der Waals surface area contributed by atoms with Crippen LogP contribution in [0, 0.1) is 0 Å².